The summed E-state index contributed by atoms with van der Waals surface area (Å²) in [6.45, 7) is 1.77. The lowest BCUT2D eigenvalue weighted by Gasteiger charge is -2.36. The maximum Gasteiger partial charge on any atom is 0.173 e. The van der Waals surface area contributed by atoms with Gasteiger partial charge in [0, 0.05) is 13.1 Å². The van der Waals surface area contributed by atoms with E-state index in [1.54, 1.807) is 0 Å². The van der Waals surface area contributed by atoms with Crippen LogP contribution in [0.15, 0.2) is 48.5 Å². The van der Waals surface area contributed by atoms with E-state index in [0.29, 0.717) is 6.04 Å². The summed E-state index contributed by atoms with van der Waals surface area (Å²) >= 11 is 0. The molecular weight excluding hydrogens is 365 g/mol. The first-order valence-corrected chi connectivity index (χ1v) is 10.6. The van der Waals surface area contributed by atoms with Gasteiger partial charge in [-0.25, -0.2) is 9.07 Å². The molecular formula is C23H26FN5. The van der Waals surface area contributed by atoms with Crippen LogP contribution in [0.5, 0.6) is 0 Å². The van der Waals surface area contributed by atoms with Gasteiger partial charge in [0.05, 0.1) is 12.1 Å². The van der Waals surface area contributed by atoms with Crippen LogP contribution in [0.3, 0.4) is 0 Å². The Morgan fingerprint density at radius 1 is 0.931 bits per heavy atom. The molecule has 2 heterocycles. The normalized spacial score (nSPS) is 19.1. The number of aromatic nitrogens is 4. The molecule has 0 saturated heterocycles. The van der Waals surface area contributed by atoms with Crippen molar-refractivity contribution in [2.45, 2.75) is 57.2 Å². The number of halogens is 1. The second kappa shape index (κ2) is 8.03. The molecule has 0 N–H and O–H groups in total. The van der Waals surface area contributed by atoms with Crippen molar-refractivity contribution in [1.82, 2.24) is 25.1 Å². The molecule has 0 amide bonds. The van der Waals surface area contributed by atoms with Crippen LogP contribution in [-0.2, 0) is 13.0 Å². The molecule has 1 atom stereocenters. The highest BCUT2D eigenvalue weighted by Crippen LogP contribution is 2.35. The van der Waals surface area contributed by atoms with E-state index < -0.39 is 0 Å². The van der Waals surface area contributed by atoms with Crippen molar-refractivity contribution < 1.29 is 4.39 Å². The molecule has 2 aromatic carbocycles. The molecule has 1 aromatic heterocycles. The lowest BCUT2D eigenvalue weighted by molar-refractivity contribution is 0.187. The van der Waals surface area contributed by atoms with Gasteiger partial charge in [-0.1, -0.05) is 55.7 Å². The maximum atomic E-state index is 13.6. The highest BCUT2D eigenvalue weighted by atomic mass is 19.1. The zero-order chi connectivity index (χ0) is 19.6. The van der Waals surface area contributed by atoms with E-state index in [-0.39, 0.29) is 11.9 Å². The van der Waals surface area contributed by atoms with E-state index in [4.69, 9.17) is 0 Å². The Labute approximate surface area is 170 Å². The predicted octanol–water partition coefficient (Wildman–Crippen LogP) is 4.47. The van der Waals surface area contributed by atoms with Gasteiger partial charge in [-0.2, -0.15) is 0 Å². The first kappa shape index (κ1) is 18.4. The fourth-order valence-corrected chi connectivity index (χ4v) is 4.87. The van der Waals surface area contributed by atoms with Gasteiger partial charge in [-0.15, -0.1) is 5.10 Å². The van der Waals surface area contributed by atoms with E-state index >= 15 is 0 Å². The van der Waals surface area contributed by atoms with Crippen LogP contribution >= 0.6 is 0 Å². The number of rotatable bonds is 4. The van der Waals surface area contributed by atoms with E-state index in [9.17, 15) is 4.39 Å². The zero-order valence-electron chi connectivity index (χ0n) is 16.5. The summed E-state index contributed by atoms with van der Waals surface area (Å²) in [6.07, 6.45) is 6.98. The number of fused-ring (bicyclic) bond motifs is 1. The van der Waals surface area contributed by atoms with Gasteiger partial charge in [0.15, 0.2) is 5.82 Å². The molecule has 1 aliphatic carbocycles. The van der Waals surface area contributed by atoms with Gasteiger partial charge in [0.2, 0.25) is 0 Å². The molecule has 1 saturated carbocycles. The monoisotopic (exact) mass is 391 g/mol. The first-order chi connectivity index (χ1) is 14.3. The second-order valence-electron chi connectivity index (χ2n) is 8.22. The summed E-state index contributed by atoms with van der Waals surface area (Å²) in [4.78, 5) is 2.43. The Hall–Kier alpha value is -2.60. The summed E-state index contributed by atoms with van der Waals surface area (Å²) in [7, 11) is 0. The van der Waals surface area contributed by atoms with Crippen molar-refractivity contribution >= 4 is 0 Å². The third kappa shape index (κ3) is 3.69. The van der Waals surface area contributed by atoms with Crippen molar-refractivity contribution in [3.8, 4) is 0 Å². The maximum absolute atomic E-state index is 13.6. The summed E-state index contributed by atoms with van der Waals surface area (Å²) in [5, 5.41) is 12.9. The summed E-state index contributed by atoms with van der Waals surface area (Å²) in [5.74, 6) is 0.659. The average molecular weight is 391 g/mol. The average Bonchev–Trinajstić information content (AvgIpc) is 3.25. The van der Waals surface area contributed by atoms with Crippen LogP contribution in [0.4, 0.5) is 4.39 Å². The molecule has 6 heteroatoms. The number of benzene rings is 2. The van der Waals surface area contributed by atoms with Gasteiger partial charge >= 0.3 is 0 Å². The molecule has 0 spiro atoms. The molecule has 0 radical (unpaired) electrons. The fraction of sp³-hybridized carbons (Fsp3) is 0.435. The minimum atomic E-state index is -0.219. The van der Waals surface area contributed by atoms with Crippen molar-refractivity contribution in [3.05, 3.63) is 76.9 Å². The minimum absolute atomic E-state index is 0.0825. The van der Waals surface area contributed by atoms with Gasteiger partial charge in [-0.05, 0) is 58.5 Å². The highest BCUT2D eigenvalue weighted by Gasteiger charge is 2.32. The van der Waals surface area contributed by atoms with Crippen LogP contribution in [-0.4, -0.2) is 31.7 Å². The Morgan fingerprint density at radius 3 is 2.48 bits per heavy atom. The minimum Gasteiger partial charge on any atom is -0.285 e. The Bertz CT molecular complexity index is 961. The molecule has 5 nitrogen and oxygen atoms in total. The van der Waals surface area contributed by atoms with E-state index in [0.717, 1.165) is 43.7 Å². The largest absolute Gasteiger partial charge is 0.285 e. The van der Waals surface area contributed by atoms with E-state index in [1.165, 1.54) is 42.5 Å². The number of hydrogen-bond acceptors (Lipinski definition) is 4. The van der Waals surface area contributed by atoms with E-state index in [2.05, 4.69) is 44.7 Å². The first-order valence-electron chi connectivity index (χ1n) is 10.6. The molecule has 1 fully saturated rings. The molecule has 0 unspecified atom stereocenters. The van der Waals surface area contributed by atoms with Gasteiger partial charge in [0.25, 0.3) is 0 Å². The van der Waals surface area contributed by atoms with Gasteiger partial charge < -0.3 is 0 Å². The van der Waals surface area contributed by atoms with Gasteiger partial charge in [0.1, 0.15) is 5.82 Å². The van der Waals surface area contributed by atoms with Crippen LogP contribution in [0.2, 0.25) is 0 Å². The molecule has 29 heavy (non-hydrogen) atoms. The summed E-state index contributed by atoms with van der Waals surface area (Å²) in [6, 6.07) is 15.7. The third-order valence-electron chi connectivity index (χ3n) is 6.39. The molecule has 3 aromatic rings. The Balaban J connectivity index is 1.54. The topological polar surface area (TPSA) is 46.8 Å². The lowest BCUT2D eigenvalue weighted by Crippen LogP contribution is -2.36. The van der Waals surface area contributed by atoms with Crippen LogP contribution in [0.25, 0.3) is 0 Å². The molecule has 2 aliphatic rings. The summed E-state index contributed by atoms with van der Waals surface area (Å²) in [5.41, 5.74) is 3.80. The molecule has 150 valence electrons. The predicted molar refractivity (Wildman–Crippen MR) is 109 cm³/mol. The molecule has 0 bridgehead atoms. The second-order valence-corrected chi connectivity index (χ2v) is 8.22. The molecule has 5 rings (SSSR count). The number of tetrazole rings is 1. The molecule has 1 aliphatic heterocycles. The number of hydrogen-bond donors (Lipinski definition) is 0. The standard InChI is InChI=1S/C23H26FN5/c24-20-12-10-18(11-13-20)22(28-15-14-17-6-4-5-7-19(17)16-28)23-25-26-27-29(23)21-8-2-1-3-9-21/h4-7,10-13,21-22H,1-3,8-9,14-16H2/t22-/m1/s1. The van der Waals surface area contributed by atoms with Crippen LogP contribution in [0, 0.1) is 5.82 Å². The fourth-order valence-electron chi connectivity index (χ4n) is 4.87. The Kier molecular flexibility index (Phi) is 5.10. The van der Waals surface area contributed by atoms with Crippen molar-refractivity contribution in [3.63, 3.8) is 0 Å². The van der Waals surface area contributed by atoms with Crippen molar-refractivity contribution in [2.75, 3.05) is 6.54 Å². The van der Waals surface area contributed by atoms with Gasteiger partial charge in [-0.3, -0.25) is 4.90 Å². The lowest BCUT2D eigenvalue weighted by atomic mass is 9.94. The number of nitrogens with zero attached hydrogens (tertiary/aromatic N) is 5. The Morgan fingerprint density at radius 2 is 1.69 bits per heavy atom. The summed E-state index contributed by atoms with van der Waals surface area (Å²) < 4.78 is 15.7. The van der Waals surface area contributed by atoms with Crippen molar-refractivity contribution in [1.29, 1.82) is 0 Å². The highest BCUT2D eigenvalue weighted by molar-refractivity contribution is 5.32. The SMILES string of the molecule is Fc1ccc([C@H](c2nnnn2C2CCCCC2)N2CCc3ccccc3C2)cc1. The zero-order valence-corrected chi connectivity index (χ0v) is 16.5. The quantitative estimate of drug-likeness (QED) is 0.659. The third-order valence-corrected chi connectivity index (χ3v) is 6.39. The van der Waals surface area contributed by atoms with Crippen LogP contribution < -0.4 is 0 Å². The van der Waals surface area contributed by atoms with E-state index in [1.807, 2.05) is 16.8 Å². The van der Waals surface area contributed by atoms with Crippen molar-refractivity contribution in [2.24, 2.45) is 0 Å². The van der Waals surface area contributed by atoms with Crippen LogP contribution in [0.1, 0.15) is 66.7 Å². The smallest absolute Gasteiger partial charge is 0.173 e.